The zero-order chi connectivity index (χ0) is 18.1. The topological polar surface area (TPSA) is 52.6 Å². The molecule has 0 spiro atoms. The Bertz CT molecular complexity index is 858. The summed E-state index contributed by atoms with van der Waals surface area (Å²) in [7, 11) is 0. The van der Waals surface area contributed by atoms with Crippen molar-refractivity contribution in [3.05, 3.63) is 63.5 Å². The molecule has 3 unspecified atom stereocenters. The van der Waals surface area contributed by atoms with Crippen LogP contribution in [0.1, 0.15) is 34.5 Å². The van der Waals surface area contributed by atoms with E-state index in [0.29, 0.717) is 40.3 Å². The lowest BCUT2D eigenvalue weighted by Gasteiger charge is -2.37. The standard InChI is InChI=1S/C20H17ClO4S/c21-16-5-2-1-4-13(16)15-11-24-17-10-12(7-8-14(17)19(15)22)25-20(23)18-6-3-9-26-18/h1-6,9,11-12,14,17H,7-8,10H2. The van der Waals surface area contributed by atoms with Crippen LogP contribution in [-0.2, 0) is 14.3 Å². The normalized spacial score (nSPS) is 25.0. The number of halogens is 1. The van der Waals surface area contributed by atoms with Gasteiger partial charge >= 0.3 is 5.97 Å². The second-order valence-corrected chi connectivity index (χ2v) is 7.83. The first-order valence-electron chi connectivity index (χ1n) is 8.52. The van der Waals surface area contributed by atoms with Gasteiger partial charge in [-0.2, -0.15) is 0 Å². The van der Waals surface area contributed by atoms with Crippen LogP contribution in [0.25, 0.3) is 5.57 Å². The number of carbonyl (C=O) groups excluding carboxylic acids is 2. The van der Waals surface area contributed by atoms with E-state index in [4.69, 9.17) is 21.1 Å². The molecule has 0 bridgehead atoms. The van der Waals surface area contributed by atoms with Gasteiger partial charge in [-0.25, -0.2) is 4.79 Å². The monoisotopic (exact) mass is 388 g/mol. The van der Waals surface area contributed by atoms with Crippen LogP contribution in [0.4, 0.5) is 0 Å². The van der Waals surface area contributed by atoms with Crippen LogP contribution in [0, 0.1) is 5.92 Å². The molecule has 0 radical (unpaired) electrons. The first kappa shape index (κ1) is 17.3. The number of Topliss-reactive ketones (excluding diaryl/α,β-unsaturated/α-hetero) is 1. The molecular formula is C20H17ClO4S. The summed E-state index contributed by atoms with van der Waals surface area (Å²) in [5.74, 6) is -0.474. The molecule has 1 aromatic heterocycles. The highest BCUT2D eigenvalue weighted by Gasteiger charge is 2.41. The van der Waals surface area contributed by atoms with Crippen molar-refractivity contribution in [1.82, 2.24) is 0 Å². The van der Waals surface area contributed by atoms with Gasteiger partial charge in [0.15, 0.2) is 5.78 Å². The van der Waals surface area contributed by atoms with E-state index in [-0.39, 0.29) is 29.9 Å². The summed E-state index contributed by atoms with van der Waals surface area (Å²) in [4.78, 5) is 25.6. The Morgan fingerprint density at radius 1 is 1.19 bits per heavy atom. The molecule has 2 heterocycles. The van der Waals surface area contributed by atoms with Crippen molar-refractivity contribution in [2.24, 2.45) is 5.92 Å². The number of ether oxygens (including phenoxy) is 2. The van der Waals surface area contributed by atoms with Crippen molar-refractivity contribution in [3.63, 3.8) is 0 Å². The van der Waals surface area contributed by atoms with Crippen LogP contribution in [0.5, 0.6) is 0 Å². The predicted molar refractivity (Wildman–Crippen MR) is 100 cm³/mol. The van der Waals surface area contributed by atoms with Gasteiger partial charge in [0.1, 0.15) is 17.1 Å². The van der Waals surface area contributed by atoms with Crippen molar-refractivity contribution >= 4 is 40.3 Å². The Morgan fingerprint density at radius 2 is 2.04 bits per heavy atom. The van der Waals surface area contributed by atoms with Crippen LogP contribution in [0.15, 0.2) is 48.0 Å². The highest BCUT2D eigenvalue weighted by atomic mass is 35.5. The molecule has 1 fully saturated rings. The maximum absolute atomic E-state index is 12.9. The third-order valence-corrected chi connectivity index (χ3v) is 6.05. The van der Waals surface area contributed by atoms with Gasteiger partial charge in [0, 0.05) is 17.0 Å². The summed E-state index contributed by atoms with van der Waals surface area (Å²) in [6.45, 7) is 0. The molecule has 3 atom stereocenters. The molecule has 4 nitrogen and oxygen atoms in total. The van der Waals surface area contributed by atoms with Gasteiger partial charge in [-0.3, -0.25) is 4.79 Å². The smallest absolute Gasteiger partial charge is 0.348 e. The third-order valence-electron chi connectivity index (χ3n) is 4.87. The van der Waals surface area contributed by atoms with Crippen molar-refractivity contribution in [2.75, 3.05) is 0 Å². The summed E-state index contributed by atoms with van der Waals surface area (Å²) in [5, 5.41) is 2.38. The molecule has 1 saturated carbocycles. The number of fused-ring (bicyclic) bond motifs is 1. The average Bonchev–Trinajstić information content (AvgIpc) is 3.18. The highest BCUT2D eigenvalue weighted by molar-refractivity contribution is 7.11. The zero-order valence-electron chi connectivity index (χ0n) is 13.9. The number of allylic oxidation sites excluding steroid dienone is 1. The Hall–Kier alpha value is -2.11. The molecule has 6 heteroatoms. The van der Waals surface area contributed by atoms with Crippen molar-refractivity contribution in [3.8, 4) is 0 Å². The van der Waals surface area contributed by atoms with Crippen LogP contribution >= 0.6 is 22.9 Å². The number of hydrogen-bond acceptors (Lipinski definition) is 5. The second-order valence-electron chi connectivity index (χ2n) is 6.47. The number of benzene rings is 1. The molecule has 1 aromatic carbocycles. The van der Waals surface area contributed by atoms with Gasteiger partial charge in [0.2, 0.25) is 0 Å². The van der Waals surface area contributed by atoms with Crippen LogP contribution < -0.4 is 0 Å². The van der Waals surface area contributed by atoms with Gasteiger partial charge in [-0.1, -0.05) is 35.9 Å². The third kappa shape index (κ3) is 3.29. The molecule has 2 aromatic rings. The van der Waals surface area contributed by atoms with E-state index in [2.05, 4.69) is 0 Å². The van der Waals surface area contributed by atoms with Crippen molar-refractivity contribution in [1.29, 1.82) is 0 Å². The molecule has 0 saturated heterocycles. The summed E-state index contributed by atoms with van der Waals surface area (Å²) < 4.78 is 11.4. The van der Waals surface area contributed by atoms with E-state index in [1.165, 1.54) is 17.6 Å². The molecule has 0 amide bonds. The van der Waals surface area contributed by atoms with E-state index >= 15 is 0 Å². The largest absolute Gasteiger partial charge is 0.496 e. The van der Waals surface area contributed by atoms with Gasteiger partial charge in [-0.05, 0) is 30.4 Å². The second kappa shape index (κ2) is 7.25. The van der Waals surface area contributed by atoms with E-state index < -0.39 is 0 Å². The number of thiophene rings is 1. The molecule has 4 rings (SSSR count). The summed E-state index contributed by atoms with van der Waals surface area (Å²) >= 11 is 7.58. The fourth-order valence-electron chi connectivity index (χ4n) is 3.54. The van der Waals surface area contributed by atoms with Gasteiger partial charge in [0.25, 0.3) is 0 Å². The molecule has 0 N–H and O–H groups in total. The van der Waals surface area contributed by atoms with Crippen LogP contribution in [0.2, 0.25) is 5.02 Å². The van der Waals surface area contributed by atoms with Crippen molar-refractivity contribution < 1.29 is 19.1 Å². The summed E-state index contributed by atoms with van der Waals surface area (Å²) in [6.07, 6.45) is 2.84. The number of rotatable bonds is 3. The number of carbonyl (C=O) groups is 2. The zero-order valence-corrected chi connectivity index (χ0v) is 15.5. The highest BCUT2D eigenvalue weighted by Crippen LogP contribution is 2.38. The minimum absolute atomic E-state index is 0.0531. The first-order chi connectivity index (χ1) is 12.6. The molecule has 1 aliphatic heterocycles. The minimum Gasteiger partial charge on any atom is -0.496 e. The Balaban J connectivity index is 1.46. The fraction of sp³-hybridized carbons (Fsp3) is 0.300. The molecule has 1 aliphatic carbocycles. The molecular weight excluding hydrogens is 372 g/mol. The molecule has 26 heavy (non-hydrogen) atoms. The number of ketones is 1. The Kier molecular flexibility index (Phi) is 4.83. The molecule has 134 valence electrons. The maximum atomic E-state index is 12.9. The Labute approximate surface area is 160 Å². The van der Waals surface area contributed by atoms with Gasteiger partial charge < -0.3 is 9.47 Å². The molecule has 2 aliphatic rings. The predicted octanol–water partition coefficient (Wildman–Crippen LogP) is 4.74. The summed E-state index contributed by atoms with van der Waals surface area (Å²) in [6, 6.07) is 10.8. The number of hydrogen-bond donors (Lipinski definition) is 0. The van der Waals surface area contributed by atoms with Gasteiger partial charge in [-0.15, -0.1) is 11.3 Å². The van der Waals surface area contributed by atoms with Gasteiger partial charge in [0.05, 0.1) is 17.8 Å². The SMILES string of the molecule is O=C(OC1CCC2C(=O)C(c3ccccc3Cl)=COC2C1)c1cccs1. The quantitative estimate of drug-likeness (QED) is 0.713. The average molecular weight is 389 g/mol. The van der Waals surface area contributed by atoms with E-state index in [0.717, 1.165) is 0 Å². The Morgan fingerprint density at radius 3 is 2.81 bits per heavy atom. The van der Waals surface area contributed by atoms with Crippen LogP contribution in [-0.4, -0.2) is 24.0 Å². The maximum Gasteiger partial charge on any atom is 0.348 e. The fourth-order valence-corrected chi connectivity index (χ4v) is 4.39. The lowest BCUT2D eigenvalue weighted by atomic mass is 9.78. The lowest BCUT2D eigenvalue weighted by Crippen LogP contribution is -2.41. The first-order valence-corrected chi connectivity index (χ1v) is 9.78. The van der Waals surface area contributed by atoms with E-state index in [9.17, 15) is 9.59 Å². The minimum atomic E-state index is -0.308. The van der Waals surface area contributed by atoms with Crippen LogP contribution in [0.3, 0.4) is 0 Å². The van der Waals surface area contributed by atoms with E-state index in [1.807, 2.05) is 29.6 Å². The lowest BCUT2D eigenvalue weighted by molar-refractivity contribution is -0.126. The van der Waals surface area contributed by atoms with Crippen molar-refractivity contribution in [2.45, 2.75) is 31.5 Å². The summed E-state index contributed by atoms with van der Waals surface area (Å²) in [5.41, 5.74) is 1.22. The number of esters is 1. The van der Waals surface area contributed by atoms with E-state index in [1.54, 1.807) is 12.1 Å².